The van der Waals surface area contributed by atoms with E-state index in [9.17, 15) is 22.9 Å². The molecule has 1 aliphatic heterocycles. The number of anilines is 1. The number of aliphatic hydroxyl groups is 1. The van der Waals surface area contributed by atoms with Crippen LogP contribution in [0.4, 0.5) is 19.3 Å². The fourth-order valence-electron chi connectivity index (χ4n) is 4.96. The lowest BCUT2D eigenvalue weighted by Gasteiger charge is -2.24. The maximum atomic E-state index is 14.4. The molecule has 0 radical (unpaired) electrons. The Morgan fingerprint density at radius 1 is 1.32 bits per heavy atom. The first-order chi connectivity index (χ1) is 14.7. The predicted octanol–water partition coefficient (Wildman–Crippen LogP) is 3.17. The third-order valence-electron chi connectivity index (χ3n) is 6.35. The van der Waals surface area contributed by atoms with Gasteiger partial charge in [0.25, 0.3) is 5.92 Å². The number of aryl methyl sites for hydroxylation is 2. The van der Waals surface area contributed by atoms with E-state index in [4.69, 9.17) is 5.14 Å². The van der Waals surface area contributed by atoms with Gasteiger partial charge in [-0.25, -0.2) is 14.1 Å². The van der Waals surface area contributed by atoms with Gasteiger partial charge < -0.3 is 10.4 Å². The second-order valence-electron chi connectivity index (χ2n) is 8.34. The van der Waals surface area contributed by atoms with Crippen LogP contribution in [0.25, 0.3) is 0 Å². The molecule has 11 heteroatoms. The molecule has 2 amide bonds. The minimum absolute atomic E-state index is 0.237. The maximum Gasteiger partial charge on any atom is 0.354 e. The Bertz CT molecular complexity index is 1220. The Balaban J connectivity index is 1.52. The van der Waals surface area contributed by atoms with Gasteiger partial charge in [0, 0.05) is 18.7 Å². The van der Waals surface area contributed by atoms with Gasteiger partial charge in [-0.15, -0.1) is 4.36 Å². The number of aliphatic hydroxyl groups excluding tert-OH is 1. The van der Waals surface area contributed by atoms with Gasteiger partial charge in [0.15, 0.2) is 0 Å². The zero-order valence-electron chi connectivity index (χ0n) is 16.7. The lowest BCUT2D eigenvalue weighted by Crippen LogP contribution is -2.29. The normalized spacial score (nSPS) is 22.9. The summed E-state index contributed by atoms with van der Waals surface area (Å²) in [5.74, 6) is -3.24. The van der Waals surface area contributed by atoms with Crippen molar-refractivity contribution >= 4 is 21.6 Å². The number of urea groups is 1. The zero-order valence-corrected chi connectivity index (χ0v) is 17.6. The van der Waals surface area contributed by atoms with Crippen molar-refractivity contribution in [2.24, 2.45) is 9.50 Å². The summed E-state index contributed by atoms with van der Waals surface area (Å²) >= 11 is 0. The topological polar surface area (TPSA) is 123 Å². The van der Waals surface area contributed by atoms with Gasteiger partial charge in [-0.3, -0.25) is 4.68 Å². The molecular formula is C20H23F2N5O3S. The molecule has 0 fully saturated rings. The zero-order chi connectivity index (χ0) is 22.0. The molecule has 31 heavy (non-hydrogen) atoms. The molecule has 2 aliphatic carbocycles. The summed E-state index contributed by atoms with van der Waals surface area (Å²) in [5, 5.41) is 22.6. The first-order valence-electron chi connectivity index (χ1n) is 10.3. The lowest BCUT2D eigenvalue weighted by atomic mass is 9.98. The van der Waals surface area contributed by atoms with Gasteiger partial charge in [-0.05, 0) is 60.8 Å². The minimum atomic E-state index is -3.94. The molecule has 1 aromatic heterocycles. The smallest absolute Gasteiger partial charge is 0.354 e. The molecule has 2 unspecified atom stereocenters. The van der Waals surface area contributed by atoms with Crippen LogP contribution in [0.1, 0.15) is 59.7 Å². The molecular weight excluding hydrogens is 428 g/mol. The molecule has 5 rings (SSSR count). The number of alkyl halides is 2. The van der Waals surface area contributed by atoms with Crippen LogP contribution in [0.2, 0.25) is 0 Å². The van der Waals surface area contributed by atoms with E-state index >= 15 is 0 Å². The van der Waals surface area contributed by atoms with Crippen molar-refractivity contribution < 1.29 is 22.9 Å². The van der Waals surface area contributed by atoms with Gasteiger partial charge in [0.2, 0.25) is 0 Å². The van der Waals surface area contributed by atoms with Crippen LogP contribution in [0, 0.1) is 0 Å². The van der Waals surface area contributed by atoms with Gasteiger partial charge in [-0.1, -0.05) is 6.07 Å². The van der Waals surface area contributed by atoms with E-state index in [2.05, 4.69) is 14.8 Å². The highest BCUT2D eigenvalue weighted by Gasteiger charge is 2.42. The summed E-state index contributed by atoms with van der Waals surface area (Å²) in [6.07, 6.45) is 3.97. The fourth-order valence-corrected chi connectivity index (χ4v) is 6.08. The Kier molecular flexibility index (Phi) is 4.68. The van der Waals surface area contributed by atoms with Crippen LogP contribution in [0.5, 0.6) is 0 Å². The SMILES string of the molecule is NS(=O)(=NC(=O)Nc1c2c(cc3c1CCC3O)CCC2)c1cnn2c1C(F)(F)CCC2. The molecule has 4 N–H and O–H groups in total. The van der Waals surface area contributed by atoms with Crippen molar-refractivity contribution in [2.75, 3.05) is 5.32 Å². The van der Waals surface area contributed by atoms with Crippen molar-refractivity contribution in [3.05, 3.63) is 40.2 Å². The maximum absolute atomic E-state index is 14.4. The average molecular weight is 451 g/mol. The van der Waals surface area contributed by atoms with Gasteiger partial charge in [0.1, 0.15) is 20.5 Å². The van der Waals surface area contributed by atoms with Crippen LogP contribution >= 0.6 is 0 Å². The Labute approximate surface area is 178 Å². The van der Waals surface area contributed by atoms with Gasteiger partial charge in [-0.2, -0.15) is 13.9 Å². The van der Waals surface area contributed by atoms with E-state index in [0.717, 1.165) is 52.4 Å². The van der Waals surface area contributed by atoms with Crippen LogP contribution in [0.3, 0.4) is 0 Å². The third kappa shape index (κ3) is 3.35. The first kappa shape index (κ1) is 20.5. The fraction of sp³-hybridized carbons (Fsp3) is 0.500. The van der Waals surface area contributed by atoms with Gasteiger partial charge >= 0.3 is 6.03 Å². The predicted molar refractivity (Wildman–Crippen MR) is 109 cm³/mol. The number of benzene rings is 1. The lowest BCUT2D eigenvalue weighted by molar-refractivity contribution is -0.0393. The summed E-state index contributed by atoms with van der Waals surface area (Å²) in [5.41, 5.74) is 3.72. The van der Waals surface area contributed by atoms with Gasteiger partial charge in [0.05, 0.1) is 12.3 Å². The van der Waals surface area contributed by atoms with Crippen LogP contribution in [0.15, 0.2) is 21.5 Å². The number of amides is 2. The number of halogens is 2. The second-order valence-corrected chi connectivity index (χ2v) is 10.1. The molecule has 166 valence electrons. The van der Waals surface area contributed by atoms with E-state index < -0.39 is 45.0 Å². The number of carbonyl (C=O) groups is 1. The van der Waals surface area contributed by atoms with E-state index in [1.807, 2.05) is 6.07 Å². The quantitative estimate of drug-likeness (QED) is 0.649. The molecule has 1 aromatic carbocycles. The van der Waals surface area contributed by atoms with E-state index in [1.165, 1.54) is 0 Å². The number of rotatable bonds is 2. The molecule has 2 heterocycles. The summed E-state index contributed by atoms with van der Waals surface area (Å²) in [7, 11) is -3.94. The van der Waals surface area contributed by atoms with Crippen molar-refractivity contribution in [1.82, 2.24) is 9.78 Å². The molecule has 2 aromatic rings. The number of hydrogen-bond acceptors (Lipinski definition) is 4. The van der Waals surface area contributed by atoms with E-state index in [0.29, 0.717) is 18.5 Å². The number of nitrogens with zero attached hydrogens (tertiary/aromatic N) is 3. The molecule has 3 aliphatic rings. The molecule has 2 atom stereocenters. The first-order valence-corrected chi connectivity index (χ1v) is 11.9. The molecule has 8 nitrogen and oxygen atoms in total. The van der Waals surface area contributed by atoms with E-state index in [-0.39, 0.29) is 13.0 Å². The Morgan fingerprint density at radius 3 is 2.94 bits per heavy atom. The number of aromatic nitrogens is 2. The molecule has 0 bridgehead atoms. The standard InChI is InChI=1S/C20H23F2N5O3S/c21-20(22)7-2-8-27-18(20)16(10-24-27)31(23,30)26-19(29)25-17-12-4-1-3-11(12)9-14-13(17)5-6-15(14)28/h9-10,15,28H,1-8H2,(H3,23,25,26,29,30). The molecule has 0 saturated carbocycles. The van der Waals surface area contributed by atoms with Crippen LogP contribution in [-0.4, -0.2) is 25.1 Å². The second kappa shape index (κ2) is 7.07. The summed E-state index contributed by atoms with van der Waals surface area (Å²) in [6.45, 7) is 0.261. The van der Waals surface area contributed by atoms with Crippen molar-refractivity contribution in [3.63, 3.8) is 0 Å². The molecule has 0 spiro atoms. The highest BCUT2D eigenvalue weighted by molar-refractivity contribution is 7.91. The number of fused-ring (bicyclic) bond motifs is 3. The minimum Gasteiger partial charge on any atom is -0.388 e. The third-order valence-corrected chi connectivity index (χ3v) is 7.71. The highest BCUT2D eigenvalue weighted by atomic mass is 32.2. The van der Waals surface area contributed by atoms with Crippen LogP contribution < -0.4 is 10.5 Å². The van der Waals surface area contributed by atoms with Crippen molar-refractivity contribution in [2.45, 2.75) is 68.4 Å². The summed E-state index contributed by atoms with van der Waals surface area (Å²) < 4.78 is 46.6. The largest absolute Gasteiger partial charge is 0.388 e. The van der Waals surface area contributed by atoms with Crippen molar-refractivity contribution in [1.29, 1.82) is 0 Å². The van der Waals surface area contributed by atoms with E-state index in [1.54, 1.807) is 0 Å². The van der Waals surface area contributed by atoms with Crippen molar-refractivity contribution in [3.8, 4) is 0 Å². The monoisotopic (exact) mass is 451 g/mol. The highest BCUT2D eigenvalue weighted by Crippen LogP contribution is 2.43. The number of hydrogen-bond donors (Lipinski definition) is 3. The Morgan fingerprint density at radius 2 is 2.13 bits per heavy atom. The number of nitrogens with one attached hydrogen (secondary N) is 1. The summed E-state index contributed by atoms with van der Waals surface area (Å²) in [4.78, 5) is 12.3. The summed E-state index contributed by atoms with van der Waals surface area (Å²) in [6, 6.07) is 1.03. The number of carbonyl (C=O) groups excluding carboxylic acids is 1. The van der Waals surface area contributed by atoms with Crippen LogP contribution in [-0.2, 0) is 41.6 Å². The number of nitrogens with two attached hydrogens (primary N) is 1. The molecule has 0 saturated heterocycles. The average Bonchev–Trinajstić information content (AvgIpc) is 3.40. The Hall–Kier alpha value is -2.37.